The van der Waals surface area contributed by atoms with Crippen LogP contribution in [0.3, 0.4) is 0 Å². The second-order valence-electron chi connectivity index (χ2n) is 7.42. The summed E-state index contributed by atoms with van der Waals surface area (Å²) in [6, 6.07) is 11.3. The van der Waals surface area contributed by atoms with Gasteiger partial charge in [0.1, 0.15) is 23.0 Å². The van der Waals surface area contributed by atoms with Crippen molar-refractivity contribution in [3.63, 3.8) is 0 Å². The van der Waals surface area contributed by atoms with Gasteiger partial charge in [-0.25, -0.2) is 4.98 Å². The SMILES string of the molecule is COc1cc2c(cc1-c1c(C)noc1C)c(=O)[nH]c1cnc(Cc3ccc(Cl)cc3)n12. The van der Waals surface area contributed by atoms with Crippen LogP contribution in [0.25, 0.3) is 27.7 Å². The molecule has 5 rings (SSSR count). The van der Waals surface area contributed by atoms with Crippen LogP contribution in [0.15, 0.2) is 51.9 Å². The van der Waals surface area contributed by atoms with Gasteiger partial charge in [0.2, 0.25) is 0 Å². The van der Waals surface area contributed by atoms with Crippen molar-refractivity contribution in [1.29, 1.82) is 0 Å². The molecule has 0 saturated heterocycles. The van der Waals surface area contributed by atoms with E-state index in [1.165, 1.54) is 0 Å². The Bertz CT molecular complexity index is 1480. The van der Waals surface area contributed by atoms with Gasteiger partial charge < -0.3 is 14.2 Å². The summed E-state index contributed by atoms with van der Waals surface area (Å²) in [5.74, 6) is 2.09. The number of benzene rings is 2. The van der Waals surface area contributed by atoms with Gasteiger partial charge in [-0.3, -0.25) is 9.20 Å². The fraction of sp³-hybridized carbons (Fsp3) is 0.174. The molecule has 1 N–H and O–H groups in total. The third kappa shape index (κ3) is 3.18. The number of fused-ring (bicyclic) bond motifs is 3. The highest BCUT2D eigenvalue weighted by Gasteiger charge is 2.20. The molecule has 156 valence electrons. The van der Waals surface area contributed by atoms with E-state index in [2.05, 4.69) is 15.1 Å². The lowest BCUT2D eigenvalue weighted by Crippen LogP contribution is -2.11. The van der Waals surface area contributed by atoms with Gasteiger partial charge >= 0.3 is 0 Å². The summed E-state index contributed by atoms with van der Waals surface area (Å²) in [5.41, 5.74) is 4.52. The summed E-state index contributed by atoms with van der Waals surface area (Å²) in [7, 11) is 1.61. The Hall–Kier alpha value is -3.58. The molecule has 7 nitrogen and oxygen atoms in total. The molecule has 0 bridgehead atoms. The second-order valence-corrected chi connectivity index (χ2v) is 7.86. The number of hydrogen-bond donors (Lipinski definition) is 1. The monoisotopic (exact) mass is 434 g/mol. The van der Waals surface area contributed by atoms with Crippen molar-refractivity contribution in [3.8, 4) is 16.9 Å². The number of methoxy groups -OCH3 is 1. The number of halogens is 1. The Balaban J connectivity index is 1.77. The minimum absolute atomic E-state index is 0.198. The summed E-state index contributed by atoms with van der Waals surface area (Å²) < 4.78 is 13.0. The quantitative estimate of drug-likeness (QED) is 0.443. The zero-order chi connectivity index (χ0) is 21.7. The van der Waals surface area contributed by atoms with E-state index in [1.807, 2.05) is 54.6 Å². The summed E-state index contributed by atoms with van der Waals surface area (Å²) in [4.78, 5) is 20.4. The lowest BCUT2D eigenvalue weighted by Gasteiger charge is -2.12. The van der Waals surface area contributed by atoms with E-state index >= 15 is 0 Å². The Morgan fingerprint density at radius 2 is 1.97 bits per heavy atom. The highest BCUT2D eigenvalue weighted by atomic mass is 35.5. The van der Waals surface area contributed by atoms with Crippen LogP contribution in [0, 0.1) is 13.8 Å². The summed E-state index contributed by atoms with van der Waals surface area (Å²) in [5, 5.41) is 5.25. The summed E-state index contributed by atoms with van der Waals surface area (Å²) in [6.07, 6.45) is 2.25. The number of aromatic amines is 1. The number of aryl methyl sites for hydroxylation is 2. The normalized spacial score (nSPS) is 11.5. The van der Waals surface area contributed by atoms with Crippen LogP contribution < -0.4 is 10.3 Å². The van der Waals surface area contributed by atoms with Gasteiger partial charge in [-0.15, -0.1) is 0 Å². The van der Waals surface area contributed by atoms with Crippen LogP contribution in [-0.2, 0) is 6.42 Å². The third-order valence-electron chi connectivity index (χ3n) is 5.46. The molecule has 0 unspecified atom stereocenters. The minimum atomic E-state index is -0.198. The molecule has 0 radical (unpaired) electrons. The average Bonchev–Trinajstić information content (AvgIpc) is 3.31. The minimum Gasteiger partial charge on any atom is -0.496 e. The lowest BCUT2D eigenvalue weighted by atomic mass is 10.0. The van der Waals surface area contributed by atoms with E-state index in [0.29, 0.717) is 39.5 Å². The van der Waals surface area contributed by atoms with Gasteiger partial charge in [-0.2, -0.15) is 0 Å². The maximum Gasteiger partial charge on any atom is 0.258 e. The predicted octanol–water partition coefficient (Wildman–Crippen LogP) is 4.70. The van der Waals surface area contributed by atoms with Gasteiger partial charge in [-0.05, 0) is 37.6 Å². The van der Waals surface area contributed by atoms with Gasteiger partial charge in [-0.1, -0.05) is 28.9 Å². The molecular weight excluding hydrogens is 416 g/mol. The van der Waals surface area contributed by atoms with E-state index in [9.17, 15) is 4.79 Å². The Kier molecular flexibility index (Phi) is 4.55. The maximum atomic E-state index is 12.9. The van der Waals surface area contributed by atoms with E-state index in [4.69, 9.17) is 20.9 Å². The highest BCUT2D eigenvalue weighted by Crippen LogP contribution is 2.37. The molecule has 31 heavy (non-hydrogen) atoms. The maximum absolute atomic E-state index is 12.9. The molecule has 0 amide bonds. The van der Waals surface area contributed by atoms with Crippen molar-refractivity contribution in [2.75, 3.05) is 7.11 Å². The Morgan fingerprint density at radius 3 is 2.65 bits per heavy atom. The van der Waals surface area contributed by atoms with Gasteiger partial charge in [0.05, 0.1) is 35.5 Å². The second kappa shape index (κ2) is 7.28. The van der Waals surface area contributed by atoms with Crippen LogP contribution >= 0.6 is 11.6 Å². The largest absolute Gasteiger partial charge is 0.496 e. The predicted molar refractivity (Wildman–Crippen MR) is 119 cm³/mol. The number of imidazole rings is 1. The molecular formula is C23H19ClN4O3. The smallest absolute Gasteiger partial charge is 0.258 e. The van der Waals surface area contributed by atoms with Crippen LogP contribution in [0.5, 0.6) is 5.75 Å². The van der Waals surface area contributed by atoms with Crippen molar-refractivity contribution in [2.45, 2.75) is 20.3 Å². The average molecular weight is 435 g/mol. The van der Waals surface area contributed by atoms with E-state index < -0.39 is 0 Å². The molecule has 2 aromatic carbocycles. The molecule has 0 aliphatic carbocycles. The number of rotatable bonds is 4. The van der Waals surface area contributed by atoms with Crippen molar-refractivity contribution >= 4 is 28.2 Å². The number of ether oxygens (including phenoxy) is 1. The number of aromatic nitrogens is 4. The molecule has 0 atom stereocenters. The van der Waals surface area contributed by atoms with E-state index in [-0.39, 0.29) is 5.56 Å². The first-order valence-corrected chi connectivity index (χ1v) is 10.1. The Morgan fingerprint density at radius 1 is 1.19 bits per heavy atom. The number of nitrogens with one attached hydrogen (secondary N) is 1. The number of nitrogens with zero attached hydrogens (tertiary/aromatic N) is 3. The fourth-order valence-electron chi connectivity index (χ4n) is 4.01. The van der Waals surface area contributed by atoms with E-state index in [0.717, 1.165) is 28.2 Å². The van der Waals surface area contributed by atoms with Crippen LogP contribution in [-0.4, -0.2) is 26.6 Å². The lowest BCUT2D eigenvalue weighted by molar-refractivity contribution is 0.393. The molecule has 3 aromatic heterocycles. The molecule has 0 aliphatic rings. The highest BCUT2D eigenvalue weighted by molar-refractivity contribution is 6.30. The van der Waals surface area contributed by atoms with Gasteiger partial charge in [0.25, 0.3) is 5.56 Å². The van der Waals surface area contributed by atoms with Crippen LogP contribution in [0.1, 0.15) is 22.8 Å². The molecule has 0 spiro atoms. The van der Waals surface area contributed by atoms with Gasteiger partial charge in [0, 0.05) is 23.1 Å². The number of H-pyrrole nitrogens is 1. The third-order valence-corrected chi connectivity index (χ3v) is 5.71. The topological polar surface area (TPSA) is 85.4 Å². The molecule has 5 aromatic rings. The van der Waals surface area contributed by atoms with Crippen molar-refractivity contribution in [3.05, 3.63) is 80.8 Å². The summed E-state index contributed by atoms with van der Waals surface area (Å²) in [6.45, 7) is 3.70. The summed E-state index contributed by atoms with van der Waals surface area (Å²) >= 11 is 6.01. The van der Waals surface area contributed by atoms with Crippen LogP contribution in [0.4, 0.5) is 0 Å². The number of hydrogen-bond acceptors (Lipinski definition) is 5. The molecule has 0 saturated carbocycles. The first-order valence-electron chi connectivity index (χ1n) is 9.74. The molecule has 0 aliphatic heterocycles. The Labute approximate surface area is 182 Å². The molecule has 3 heterocycles. The zero-order valence-electron chi connectivity index (χ0n) is 17.2. The standard InChI is InChI=1S/C23H19ClN4O3/c1-12-22(13(2)31-27-12)17-9-16-18(10-19(17)30-3)28-20(25-11-21(28)26-23(16)29)8-14-4-6-15(24)7-5-14/h4-7,9-11H,8H2,1-3H3,(H,26,29). The van der Waals surface area contributed by atoms with Gasteiger partial charge in [0.15, 0.2) is 0 Å². The van der Waals surface area contributed by atoms with Crippen LogP contribution in [0.2, 0.25) is 5.02 Å². The van der Waals surface area contributed by atoms with Crippen molar-refractivity contribution < 1.29 is 9.26 Å². The zero-order valence-corrected chi connectivity index (χ0v) is 17.9. The molecule has 0 fully saturated rings. The van der Waals surface area contributed by atoms with E-state index in [1.54, 1.807) is 13.3 Å². The first-order chi connectivity index (χ1) is 15.0. The van der Waals surface area contributed by atoms with Crippen molar-refractivity contribution in [2.24, 2.45) is 0 Å². The molecule has 8 heteroatoms. The van der Waals surface area contributed by atoms with Crippen molar-refractivity contribution in [1.82, 2.24) is 19.5 Å². The fourth-order valence-corrected chi connectivity index (χ4v) is 4.13. The first kappa shape index (κ1) is 19.4.